The van der Waals surface area contributed by atoms with E-state index in [0.29, 0.717) is 30.0 Å². The number of nitrogens with zero attached hydrogens (tertiary/aromatic N) is 3. The zero-order chi connectivity index (χ0) is 28.0. The highest BCUT2D eigenvalue weighted by Crippen LogP contribution is 2.42. The molecule has 9 nitrogen and oxygen atoms in total. The van der Waals surface area contributed by atoms with Gasteiger partial charge in [-0.2, -0.15) is 10.4 Å². The summed E-state index contributed by atoms with van der Waals surface area (Å²) in [5.74, 6) is 0.450. The molecule has 204 valence electrons. The maximum Gasteiger partial charge on any atom is 0.361 e. The number of urea groups is 1. The van der Waals surface area contributed by atoms with Crippen LogP contribution in [0.4, 0.5) is 16.2 Å². The number of hydrogen-bond acceptors (Lipinski definition) is 5. The summed E-state index contributed by atoms with van der Waals surface area (Å²) in [7, 11) is 4.93. The molecule has 2 atom stereocenters. The fourth-order valence-electron chi connectivity index (χ4n) is 4.63. The van der Waals surface area contributed by atoms with E-state index in [1.54, 1.807) is 44.4 Å². The van der Waals surface area contributed by atoms with Gasteiger partial charge in [-0.15, -0.1) is 4.59 Å². The summed E-state index contributed by atoms with van der Waals surface area (Å²) >= 11 is 0. The van der Waals surface area contributed by atoms with E-state index < -0.39 is 12.1 Å². The number of carboxylic acids is 1. The highest BCUT2D eigenvalue weighted by Gasteiger charge is 2.46. The topological polar surface area (TPSA) is 100 Å². The van der Waals surface area contributed by atoms with Crippen molar-refractivity contribution in [3.05, 3.63) is 83.9 Å². The summed E-state index contributed by atoms with van der Waals surface area (Å²) in [5.41, 5.74) is 6.30. The van der Waals surface area contributed by atoms with Crippen molar-refractivity contribution in [2.24, 2.45) is 4.99 Å². The van der Waals surface area contributed by atoms with E-state index in [1.807, 2.05) is 42.5 Å². The number of rotatable bonds is 11. The van der Waals surface area contributed by atoms with Crippen LogP contribution in [-0.2, 0) is 11.3 Å². The summed E-state index contributed by atoms with van der Waals surface area (Å²) in [6, 6.07) is 21.8. The molecule has 0 fully saturated rings. The number of aliphatic imine (C=N–C) groups is 1. The van der Waals surface area contributed by atoms with E-state index in [4.69, 9.17) is 14.5 Å². The van der Waals surface area contributed by atoms with Crippen LogP contribution in [0.5, 0.6) is 11.5 Å². The Morgan fingerprint density at radius 3 is 2.41 bits per heavy atom. The molecular formula is C30H35N4O5+. The number of hydrogen-bond donors (Lipinski definition) is 2. The Morgan fingerprint density at radius 2 is 1.74 bits per heavy atom. The van der Waals surface area contributed by atoms with Crippen LogP contribution < -0.4 is 19.5 Å². The number of aliphatic carboxylic acids is 1. The molecule has 3 aromatic rings. The number of para-hydroxylation sites is 2. The van der Waals surface area contributed by atoms with Gasteiger partial charge in [-0.3, -0.25) is 0 Å². The minimum absolute atomic E-state index is 0.0539. The largest absolute Gasteiger partial charge is 0.493 e. The number of quaternary nitrogens is 1. The van der Waals surface area contributed by atoms with Gasteiger partial charge in [0.1, 0.15) is 12.2 Å². The van der Waals surface area contributed by atoms with E-state index in [1.165, 1.54) is 12.0 Å². The summed E-state index contributed by atoms with van der Waals surface area (Å²) in [5, 5.41) is 9.83. The molecule has 1 heterocycles. The van der Waals surface area contributed by atoms with Gasteiger partial charge in [0.15, 0.2) is 17.2 Å². The van der Waals surface area contributed by atoms with Crippen molar-refractivity contribution in [2.45, 2.75) is 38.8 Å². The second-order valence-corrected chi connectivity index (χ2v) is 9.63. The number of unbranched alkanes of at least 4 members (excludes halogenated alkanes) is 1. The van der Waals surface area contributed by atoms with Crippen LogP contribution in [0.2, 0.25) is 0 Å². The van der Waals surface area contributed by atoms with Crippen molar-refractivity contribution in [2.75, 3.05) is 21.2 Å². The molecule has 9 heteroatoms. The lowest BCUT2D eigenvalue weighted by Gasteiger charge is -2.35. The number of nitrogens with one attached hydrogen (secondary N) is 1. The van der Waals surface area contributed by atoms with Gasteiger partial charge in [0.2, 0.25) is 11.9 Å². The molecule has 0 aliphatic carbocycles. The Labute approximate surface area is 228 Å². The predicted molar refractivity (Wildman–Crippen MR) is 151 cm³/mol. The molecule has 1 aliphatic heterocycles. The Balaban J connectivity index is 1.73. The predicted octanol–water partition coefficient (Wildman–Crippen LogP) is 5.83. The molecule has 39 heavy (non-hydrogen) atoms. The van der Waals surface area contributed by atoms with E-state index >= 15 is 0 Å². The van der Waals surface area contributed by atoms with Gasteiger partial charge >= 0.3 is 12.0 Å². The van der Waals surface area contributed by atoms with E-state index in [0.717, 1.165) is 35.6 Å². The van der Waals surface area contributed by atoms with E-state index in [2.05, 4.69) is 12.3 Å². The van der Waals surface area contributed by atoms with Gasteiger partial charge < -0.3 is 19.5 Å². The molecule has 2 unspecified atom stereocenters. The number of fused-ring (bicyclic) bond motifs is 1. The molecule has 4 rings (SSSR count). The van der Waals surface area contributed by atoms with Crippen LogP contribution in [0.25, 0.3) is 0 Å². The Hall–Kier alpha value is -4.37. The highest BCUT2D eigenvalue weighted by molar-refractivity contribution is 6.03. The van der Waals surface area contributed by atoms with Crippen molar-refractivity contribution < 1.29 is 24.2 Å². The zero-order valence-corrected chi connectivity index (χ0v) is 22.8. The SMILES string of the molecule is CCCCC1=Nc2ccccc2[N+]1(Cc1ccc(OC(C(=O)O)c2ccccc2)c(OC)c1)NC(=O)N(C)C. The number of carboxylic acid groups (broad SMARTS) is 1. The average molecular weight is 532 g/mol. The van der Waals surface area contributed by atoms with Crippen molar-refractivity contribution in [3.8, 4) is 11.5 Å². The monoisotopic (exact) mass is 531 g/mol. The molecule has 0 aromatic heterocycles. The maximum atomic E-state index is 13.1. The Bertz CT molecular complexity index is 1360. The first-order valence-electron chi connectivity index (χ1n) is 13.0. The fraction of sp³-hybridized carbons (Fsp3) is 0.300. The lowest BCUT2D eigenvalue weighted by molar-refractivity contribution is -0.145. The number of carbonyl (C=O) groups excluding carboxylic acids is 1. The van der Waals surface area contributed by atoms with Crippen molar-refractivity contribution >= 4 is 29.2 Å². The van der Waals surface area contributed by atoms with Crippen LogP contribution in [0.3, 0.4) is 0 Å². The number of amides is 2. The molecule has 2 amide bonds. The van der Waals surface area contributed by atoms with Crippen molar-refractivity contribution in [3.63, 3.8) is 0 Å². The summed E-state index contributed by atoms with van der Waals surface area (Å²) in [6.45, 7) is 2.50. The molecule has 0 saturated heterocycles. The van der Waals surface area contributed by atoms with Crippen LogP contribution in [0.1, 0.15) is 43.4 Å². The number of benzene rings is 3. The number of carbonyl (C=O) groups is 2. The van der Waals surface area contributed by atoms with E-state index in [9.17, 15) is 14.7 Å². The van der Waals surface area contributed by atoms with Gasteiger partial charge in [-0.05, 0) is 30.7 Å². The number of amidine groups is 1. The zero-order valence-electron chi connectivity index (χ0n) is 22.8. The van der Waals surface area contributed by atoms with Crippen LogP contribution in [-0.4, -0.2) is 49.0 Å². The maximum absolute atomic E-state index is 13.1. The highest BCUT2D eigenvalue weighted by atomic mass is 16.5. The lowest BCUT2D eigenvalue weighted by atomic mass is 10.1. The second kappa shape index (κ2) is 12.0. The molecule has 2 N–H and O–H groups in total. The normalized spacial score (nSPS) is 16.6. The molecule has 3 aromatic carbocycles. The smallest absolute Gasteiger partial charge is 0.361 e. The first-order valence-corrected chi connectivity index (χ1v) is 13.0. The molecular weight excluding hydrogens is 496 g/mol. The third-order valence-corrected chi connectivity index (χ3v) is 6.65. The minimum Gasteiger partial charge on any atom is -0.493 e. The molecule has 0 radical (unpaired) electrons. The van der Waals surface area contributed by atoms with Crippen LogP contribution in [0, 0.1) is 0 Å². The first kappa shape index (κ1) is 27.7. The second-order valence-electron chi connectivity index (χ2n) is 9.63. The van der Waals surface area contributed by atoms with Gasteiger partial charge in [0.05, 0.1) is 7.11 Å². The summed E-state index contributed by atoms with van der Waals surface area (Å²) in [4.78, 5) is 31.5. The Morgan fingerprint density at radius 1 is 1.03 bits per heavy atom. The summed E-state index contributed by atoms with van der Waals surface area (Å²) < 4.78 is 11.6. The molecule has 0 spiro atoms. The molecule has 0 saturated carbocycles. The van der Waals surface area contributed by atoms with E-state index in [-0.39, 0.29) is 10.6 Å². The molecule has 0 bridgehead atoms. The molecule has 1 aliphatic rings. The average Bonchev–Trinajstić information content (AvgIpc) is 3.23. The first-order chi connectivity index (χ1) is 18.8. The third kappa shape index (κ3) is 5.88. The fourth-order valence-corrected chi connectivity index (χ4v) is 4.63. The van der Waals surface area contributed by atoms with Crippen molar-refractivity contribution in [1.29, 1.82) is 0 Å². The van der Waals surface area contributed by atoms with Gasteiger partial charge in [0.25, 0.3) is 0 Å². The van der Waals surface area contributed by atoms with Crippen molar-refractivity contribution in [1.82, 2.24) is 14.9 Å². The Kier molecular flexibility index (Phi) is 8.51. The van der Waals surface area contributed by atoms with Gasteiger partial charge in [0, 0.05) is 37.7 Å². The van der Waals surface area contributed by atoms with Crippen LogP contribution in [0.15, 0.2) is 77.8 Å². The quantitative estimate of drug-likeness (QED) is 0.303. The number of ether oxygens (including phenoxy) is 2. The standard InChI is InChI=1S/C30H34N4O5/c1-5-6-16-27-31-23-14-10-11-15-24(23)34(27,32-30(37)33(2)3)20-21-17-18-25(26(19-21)38-4)39-28(29(35)36)22-12-8-7-9-13-22/h7-15,17-19,28H,5-6,16,20H2,1-4H3,(H-,32,35,36,37)/p+1. The third-order valence-electron chi connectivity index (χ3n) is 6.65. The van der Waals surface area contributed by atoms with Gasteiger partial charge in [-0.1, -0.05) is 55.8 Å². The number of methoxy groups -OCH3 is 1. The minimum atomic E-state index is -1.19. The lowest BCUT2D eigenvalue weighted by Crippen LogP contribution is -2.65. The van der Waals surface area contributed by atoms with Gasteiger partial charge in [-0.25, -0.2) is 9.59 Å². The summed E-state index contributed by atoms with van der Waals surface area (Å²) in [6.07, 6.45) is 1.44. The van der Waals surface area contributed by atoms with Crippen LogP contribution >= 0.6 is 0 Å².